The lowest BCUT2D eigenvalue weighted by molar-refractivity contribution is -0.141. The summed E-state index contributed by atoms with van der Waals surface area (Å²) in [4.78, 5) is 23.6. The van der Waals surface area contributed by atoms with Gasteiger partial charge in [-0.2, -0.15) is 18.2 Å². The number of hydrogen-bond acceptors (Lipinski definition) is 6. The molecule has 4 rings (SSSR count). The number of nitrogens with two attached hydrogens (primary N) is 1. The monoisotopic (exact) mass is 549 g/mol. The number of aromatic nitrogens is 4. The second-order valence-corrected chi connectivity index (χ2v) is 7.90. The summed E-state index contributed by atoms with van der Waals surface area (Å²) >= 11 is 5.77. The molecule has 2 aromatic carbocycles. The van der Waals surface area contributed by atoms with E-state index in [1.54, 1.807) is 29.1 Å². The molecule has 4 aromatic rings. The van der Waals surface area contributed by atoms with Crippen LogP contribution in [-0.4, -0.2) is 39.4 Å². The minimum atomic E-state index is -4.79. The third-order valence-electron chi connectivity index (χ3n) is 4.88. The van der Waals surface area contributed by atoms with Gasteiger partial charge in [0.25, 0.3) is 5.95 Å². The highest BCUT2D eigenvalue weighted by atomic mass is 35.5. The number of carbonyl (C=O) groups excluding carboxylic acids is 1. The summed E-state index contributed by atoms with van der Waals surface area (Å²) < 4.78 is 61.1. The van der Waals surface area contributed by atoms with E-state index in [4.69, 9.17) is 26.9 Å². The number of aliphatic imine (C=N–C) groups is 1. The number of nitrogens with zero attached hydrogens (tertiary/aromatic N) is 5. The standard InChI is InChI=1S/C23H18ClF4N7O.CH2O/c1-12-10-35(11-30-12)18-6-4-14(8-19(18)36-2)31-21(29)34-22-32-17(9-20(33-22)23(26,27)28)13-3-5-16(25)15(24)7-13;1-2/h3-11H,1-2H3,(H3,29,31,32,33,34);1H2. The normalized spacial score (nSPS) is 11.5. The molecular weight excluding hydrogens is 530 g/mol. The van der Waals surface area contributed by atoms with E-state index in [0.29, 0.717) is 23.2 Å². The SMILES string of the molecule is C=O.COc1cc(N/C(N)=N/c2nc(-c3ccc(F)c(Cl)c3)cc(C(F)(F)F)n2)ccc1-n1cnc(C)c1. The highest BCUT2D eigenvalue weighted by Gasteiger charge is 2.34. The van der Waals surface area contributed by atoms with Crippen molar-refractivity contribution in [2.75, 3.05) is 12.4 Å². The van der Waals surface area contributed by atoms with Crippen molar-refractivity contribution < 1.29 is 27.1 Å². The Kier molecular flexibility index (Phi) is 8.63. The van der Waals surface area contributed by atoms with Crippen LogP contribution in [0.4, 0.5) is 29.2 Å². The van der Waals surface area contributed by atoms with Crippen molar-refractivity contribution in [1.29, 1.82) is 0 Å². The molecule has 0 bridgehead atoms. The number of imidazole rings is 1. The number of aryl methyl sites for hydroxylation is 1. The lowest BCUT2D eigenvalue weighted by Crippen LogP contribution is -2.22. The molecule has 0 fully saturated rings. The highest BCUT2D eigenvalue weighted by molar-refractivity contribution is 6.31. The van der Waals surface area contributed by atoms with E-state index in [-0.39, 0.29) is 22.2 Å². The first kappa shape index (κ1) is 28.1. The smallest absolute Gasteiger partial charge is 0.433 e. The van der Waals surface area contributed by atoms with Crippen LogP contribution in [0.15, 0.2) is 60.0 Å². The van der Waals surface area contributed by atoms with Gasteiger partial charge in [0.1, 0.15) is 18.4 Å². The van der Waals surface area contributed by atoms with Crippen LogP contribution in [0.25, 0.3) is 16.9 Å². The minimum absolute atomic E-state index is 0.146. The maximum atomic E-state index is 13.5. The largest absolute Gasteiger partial charge is 0.494 e. The molecule has 38 heavy (non-hydrogen) atoms. The number of hydrogen-bond donors (Lipinski definition) is 2. The predicted molar refractivity (Wildman–Crippen MR) is 134 cm³/mol. The summed E-state index contributed by atoms with van der Waals surface area (Å²) in [6, 6.07) is 9.19. The quantitative estimate of drug-likeness (QED) is 0.196. The Morgan fingerprint density at radius 1 is 1.16 bits per heavy atom. The van der Waals surface area contributed by atoms with Gasteiger partial charge in [-0.3, -0.25) is 0 Å². The first-order chi connectivity index (χ1) is 18.0. The van der Waals surface area contributed by atoms with Crippen LogP contribution in [0.3, 0.4) is 0 Å². The number of ether oxygens (including phenoxy) is 1. The molecule has 2 aromatic heterocycles. The molecule has 0 saturated carbocycles. The van der Waals surface area contributed by atoms with Crippen LogP contribution in [0, 0.1) is 12.7 Å². The molecule has 0 atom stereocenters. The molecule has 0 saturated heterocycles. The van der Waals surface area contributed by atoms with E-state index in [1.165, 1.54) is 13.2 Å². The number of alkyl halides is 3. The summed E-state index contributed by atoms with van der Waals surface area (Å²) in [6.45, 7) is 3.85. The van der Waals surface area contributed by atoms with Crippen LogP contribution < -0.4 is 15.8 Å². The maximum absolute atomic E-state index is 13.5. The van der Waals surface area contributed by atoms with Gasteiger partial charge in [-0.05, 0) is 43.3 Å². The van der Waals surface area contributed by atoms with E-state index in [0.717, 1.165) is 17.8 Å². The topological polar surface area (TPSA) is 120 Å². The maximum Gasteiger partial charge on any atom is 0.433 e. The Hall–Kier alpha value is -4.52. The molecular formula is C24H20ClF4N7O2. The van der Waals surface area contributed by atoms with Crippen molar-refractivity contribution in [3.63, 3.8) is 0 Å². The second kappa shape index (κ2) is 11.7. The molecule has 0 aliphatic heterocycles. The van der Waals surface area contributed by atoms with Crippen molar-refractivity contribution in [1.82, 2.24) is 19.5 Å². The molecule has 2 heterocycles. The molecule has 0 aliphatic carbocycles. The lowest BCUT2D eigenvalue weighted by atomic mass is 10.1. The average molecular weight is 550 g/mol. The van der Waals surface area contributed by atoms with E-state index in [2.05, 4.69) is 25.3 Å². The minimum Gasteiger partial charge on any atom is -0.494 e. The third kappa shape index (κ3) is 6.62. The molecule has 0 radical (unpaired) electrons. The number of methoxy groups -OCH3 is 1. The number of halogens is 5. The number of carbonyl (C=O) groups is 1. The van der Waals surface area contributed by atoms with E-state index in [1.807, 2.05) is 19.9 Å². The Labute approximate surface area is 219 Å². The summed E-state index contributed by atoms with van der Waals surface area (Å²) in [5, 5.41) is 2.50. The fraction of sp³-hybridized carbons (Fsp3) is 0.125. The molecule has 0 amide bonds. The Morgan fingerprint density at radius 2 is 1.89 bits per heavy atom. The van der Waals surface area contributed by atoms with Gasteiger partial charge in [-0.15, -0.1) is 0 Å². The van der Waals surface area contributed by atoms with Gasteiger partial charge in [0, 0.05) is 23.5 Å². The van der Waals surface area contributed by atoms with Crippen LogP contribution in [0.2, 0.25) is 5.02 Å². The van der Waals surface area contributed by atoms with Gasteiger partial charge in [0.05, 0.1) is 35.5 Å². The Morgan fingerprint density at radius 3 is 2.50 bits per heavy atom. The van der Waals surface area contributed by atoms with Crippen LogP contribution in [-0.2, 0) is 11.0 Å². The van der Waals surface area contributed by atoms with Gasteiger partial charge >= 0.3 is 6.18 Å². The van der Waals surface area contributed by atoms with Gasteiger partial charge < -0.3 is 25.1 Å². The van der Waals surface area contributed by atoms with E-state index >= 15 is 0 Å². The summed E-state index contributed by atoms with van der Waals surface area (Å²) in [5.74, 6) is -1.06. The van der Waals surface area contributed by atoms with Crippen molar-refractivity contribution in [2.45, 2.75) is 13.1 Å². The van der Waals surface area contributed by atoms with E-state index in [9.17, 15) is 17.6 Å². The molecule has 3 N–H and O–H groups in total. The summed E-state index contributed by atoms with van der Waals surface area (Å²) in [5.41, 5.74) is 6.64. The zero-order chi connectivity index (χ0) is 28.0. The second-order valence-electron chi connectivity index (χ2n) is 7.50. The van der Waals surface area contributed by atoms with Crippen LogP contribution in [0.5, 0.6) is 5.75 Å². The number of anilines is 1. The number of nitrogens with one attached hydrogen (secondary N) is 1. The van der Waals surface area contributed by atoms with E-state index < -0.39 is 23.6 Å². The average Bonchev–Trinajstić information content (AvgIpc) is 3.32. The van der Waals surface area contributed by atoms with Crippen molar-refractivity contribution in [3.8, 4) is 22.7 Å². The van der Waals surface area contributed by atoms with Gasteiger partial charge in [0.2, 0.25) is 5.96 Å². The van der Waals surface area contributed by atoms with Gasteiger partial charge in [0.15, 0.2) is 5.69 Å². The summed E-state index contributed by atoms with van der Waals surface area (Å²) in [6.07, 6.45) is -1.34. The molecule has 0 unspecified atom stereocenters. The van der Waals surface area contributed by atoms with Crippen LogP contribution in [0.1, 0.15) is 11.4 Å². The fourth-order valence-electron chi connectivity index (χ4n) is 3.24. The van der Waals surface area contributed by atoms with Crippen LogP contribution >= 0.6 is 11.6 Å². The van der Waals surface area contributed by atoms with Crippen molar-refractivity contribution in [3.05, 3.63) is 77.2 Å². The van der Waals surface area contributed by atoms with Crippen molar-refractivity contribution >= 4 is 36.0 Å². The molecule has 0 aliphatic rings. The van der Waals surface area contributed by atoms with Crippen molar-refractivity contribution in [2.24, 2.45) is 10.7 Å². The number of rotatable bonds is 5. The first-order valence-corrected chi connectivity index (χ1v) is 10.9. The Balaban J connectivity index is 0.00000195. The zero-order valence-corrected chi connectivity index (χ0v) is 20.7. The first-order valence-electron chi connectivity index (χ1n) is 10.5. The fourth-order valence-corrected chi connectivity index (χ4v) is 3.42. The van der Waals surface area contributed by atoms with Gasteiger partial charge in [-0.25, -0.2) is 19.3 Å². The molecule has 0 spiro atoms. The molecule has 14 heteroatoms. The summed E-state index contributed by atoms with van der Waals surface area (Å²) in [7, 11) is 1.49. The molecule has 9 nitrogen and oxygen atoms in total. The van der Waals surface area contributed by atoms with Gasteiger partial charge in [-0.1, -0.05) is 11.6 Å². The predicted octanol–water partition coefficient (Wildman–Crippen LogP) is 5.33. The zero-order valence-electron chi connectivity index (χ0n) is 19.9. The highest BCUT2D eigenvalue weighted by Crippen LogP contribution is 2.33. The molecule has 198 valence electrons. The number of guanidine groups is 1. The number of benzene rings is 2. The third-order valence-corrected chi connectivity index (χ3v) is 5.17. The lowest BCUT2D eigenvalue weighted by Gasteiger charge is -2.13. The Bertz CT molecular complexity index is 1470.